The van der Waals surface area contributed by atoms with Gasteiger partial charge >= 0.3 is 0 Å². The van der Waals surface area contributed by atoms with E-state index in [2.05, 4.69) is 25.2 Å². The molecule has 1 aromatic rings. The summed E-state index contributed by atoms with van der Waals surface area (Å²) in [5.41, 5.74) is 4.03. The monoisotopic (exact) mass is 191 g/mol. The van der Waals surface area contributed by atoms with E-state index < -0.39 is 0 Å². The highest BCUT2D eigenvalue weighted by Gasteiger charge is 2.25. The molecule has 0 saturated heterocycles. The molecular formula is C12H17NO. The Bertz CT molecular complexity index is 346. The fourth-order valence-electron chi connectivity index (χ4n) is 2.26. The molecule has 0 amide bonds. The van der Waals surface area contributed by atoms with E-state index in [-0.39, 0.29) is 0 Å². The third kappa shape index (κ3) is 1.26. The van der Waals surface area contributed by atoms with E-state index in [1.165, 1.54) is 23.2 Å². The summed E-state index contributed by atoms with van der Waals surface area (Å²) in [6.07, 6.45) is 1.19. The number of methoxy groups -OCH3 is 1. The molecule has 2 rings (SSSR count). The van der Waals surface area contributed by atoms with E-state index in [0.717, 1.165) is 12.3 Å². The van der Waals surface area contributed by atoms with Crippen LogP contribution in [-0.4, -0.2) is 13.7 Å². The molecule has 0 aromatic heterocycles. The van der Waals surface area contributed by atoms with Gasteiger partial charge in [-0.3, -0.25) is 0 Å². The third-order valence-corrected chi connectivity index (χ3v) is 3.07. The zero-order valence-electron chi connectivity index (χ0n) is 9.05. The van der Waals surface area contributed by atoms with Crippen molar-refractivity contribution in [3.8, 4) is 5.75 Å². The third-order valence-electron chi connectivity index (χ3n) is 3.07. The number of nitrogens with one attached hydrogen (secondary N) is 1. The number of aryl methyl sites for hydroxylation is 1. The van der Waals surface area contributed by atoms with E-state index in [4.69, 9.17) is 4.74 Å². The topological polar surface area (TPSA) is 21.3 Å². The number of ether oxygens (including phenoxy) is 1. The SMILES string of the molecule is CCC1CNc2c(OC)ccc(C)c21. The van der Waals surface area contributed by atoms with Crippen molar-refractivity contribution in [1.82, 2.24) is 0 Å². The summed E-state index contributed by atoms with van der Waals surface area (Å²) in [6.45, 7) is 5.46. The van der Waals surface area contributed by atoms with Crippen molar-refractivity contribution in [2.75, 3.05) is 19.0 Å². The molecule has 0 bridgehead atoms. The lowest BCUT2D eigenvalue weighted by Crippen LogP contribution is -2.00. The summed E-state index contributed by atoms with van der Waals surface area (Å²) in [6, 6.07) is 4.19. The largest absolute Gasteiger partial charge is 0.495 e. The van der Waals surface area contributed by atoms with Gasteiger partial charge in [-0.05, 0) is 30.5 Å². The van der Waals surface area contributed by atoms with Gasteiger partial charge in [0.1, 0.15) is 5.75 Å². The van der Waals surface area contributed by atoms with Gasteiger partial charge < -0.3 is 10.1 Å². The van der Waals surface area contributed by atoms with Crippen LogP contribution in [0.1, 0.15) is 30.4 Å². The summed E-state index contributed by atoms with van der Waals surface area (Å²) in [7, 11) is 1.73. The quantitative estimate of drug-likeness (QED) is 0.776. The zero-order valence-corrected chi connectivity index (χ0v) is 9.05. The Balaban J connectivity index is 2.52. The van der Waals surface area contributed by atoms with Gasteiger partial charge in [0, 0.05) is 12.5 Å². The molecule has 1 aliphatic heterocycles. The number of anilines is 1. The summed E-state index contributed by atoms with van der Waals surface area (Å²) in [4.78, 5) is 0. The Labute approximate surface area is 85.3 Å². The Morgan fingerprint density at radius 2 is 2.29 bits per heavy atom. The van der Waals surface area contributed by atoms with E-state index in [1.54, 1.807) is 7.11 Å². The maximum Gasteiger partial charge on any atom is 0.142 e. The van der Waals surface area contributed by atoms with Gasteiger partial charge in [-0.15, -0.1) is 0 Å². The molecule has 2 nitrogen and oxygen atoms in total. The van der Waals surface area contributed by atoms with Crippen LogP contribution in [0.5, 0.6) is 5.75 Å². The van der Waals surface area contributed by atoms with Gasteiger partial charge in [-0.25, -0.2) is 0 Å². The summed E-state index contributed by atoms with van der Waals surface area (Å²) in [5.74, 6) is 1.63. The lowest BCUT2D eigenvalue weighted by molar-refractivity contribution is 0.416. The molecule has 1 unspecified atom stereocenters. The van der Waals surface area contributed by atoms with Crippen molar-refractivity contribution in [2.45, 2.75) is 26.2 Å². The van der Waals surface area contributed by atoms with Crippen LogP contribution in [0.3, 0.4) is 0 Å². The zero-order chi connectivity index (χ0) is 10.1. The Morgan fingerprint density at radius 1 is 1.50 bits per heavy atom. The molecule has 0 aliphatic carbocycles. The van der Waals surface area contributed by atoms with Crippen molar-refractivity contribution in [3.63, 3.8) is 0 Å². The van der Waals surface area contributed by atoms with Crippen LogP contribution in [0.15, 0.2) is 12.1 Å². The Kier molecular flexibility index (Phi) is 2.36. The van der Waals surface area contributed by atoms with Crippen molar-refractivity contribution in [1.29, 1.82) is 0 Å². The van der Waals surface area contributed by atoms with Gasteiger partial charge in [0.05, 0.1) is 12.8 Å². The standard InChI is InChI=1S/C12H17NO/c1-4-9-7-13-12-10(14-3)6-5-8(2)11(9)12/h5-6,9,13H,4,7H2,1-3H3. The first-order valence-electron chi connectivity index (χ1n) is 5.19. The molecule has 2 heteroatoms. The van der Waals surface area contributed by atoms with Gasteiger partial charge in [-0.1, -0.05) is 13.0 Å². The van der Waals surface area contributed by atoms with Crippen molar-refractivity contribution < 1.29 is 4.74 Å². The van der Waals surface area contributed by atoms with Crippen LogP contribution in [0.2, 0.25) is 0 Å². The van der Waals surface area contributed by atoms with Crippen LogP contribution in [0.25, 0.3) is 0 Å². The summed E-state index contributed by atoms with van der Waals surface area (Å²) < 4.78 is 5.34. The molecule has 14 heavy (non-hydrogen) atoms. The molecule has 1 atom stereocenters. The van der Waals surface area contributed by atoms with Gasteiger partial charge in [0.25, 0.3) is 0 Å². The first kappa shape index (κ1) is 9.38. The van der Waals surface area contributed by atoms with E-state index >= 15 is 0 Å². The lowest BCUT2D eigenvalue weighted by Gasteiger charge is -2.12. The normalized spacial score (nSPS) is 18.9. The second-order valence-corrected chi connectivity index (χ2v) is 3.86. The molecule has 1 aromatic carbocycles. The van der Waals surface area contributed by atoms with E-state index in [0.29, 0.717) is 5.92 Å². The smallest absolute Gasteiger partial charge is 0.142 e. The van der Waals surface area contributed by atoms with Gasteiger partial charge in [0.15, 0.2) is 0 Å². The molecule has 1 heterocycles. The molecule has 0 radical (unpaired) electrons. The highest BCUT2D eigenvalue weighted by Crippen LogP contribution is 2.41. The number of benzene rings is 1. The average Bonchev–Trinajstić information content (AvgIpc) is 2.63. The van der Waals surface area contributed by atoms with Crippen molar-refractivity contribution >= 4 is 5.69 Å². The van der Waals surface area contributed by atoms with E-state index in [9.17, 15) is 0 Å². The molecule has 0 fully saturated rings. The molecule has 0 spiro atoms. The number of hydrogen-bond acceptors (Lipinski definition) is 2. The van der Waals surface area contributed by atoms with E-state index in [1.807, 2.05) is 6.07 Å². The fourth-order valence-corrected chi connectivity index (χ4v) is 2.26. The predicted molar refractivity (Wildman–Crippen MR) is 59.3 cm³/mol. The Morgan fingerprint density at radius 3 is 2.93 bits per heavy atom. The minimum absolute atomic E-state index is 0.653. The minimum Gasteiger partial charge on any atom is -0.495 e. The summed E-state index contributed by atoms with van der Waals surface area (Å²) in [5, 5.41) is 3.44. The number of fused-ring (bicyclic) bond motifs is 1. The minimum atomic E-state index is 0.653. The first-order chi connectivity index (χ1) is 6.77. The maximum atomic E-state index is 5.34. The average molecular weight is 191 g/mol. The second-order valence-electron chi connectivity index (χ2n) is 3.86. The molecule has 0 saturated carbocycles. The highest BCUT2D eigenvalue weighted by molar-refractivity contribution is 5.69. The molecule has 1 N–H and O–H groups in total. The van der Waals surface area contributed by atoms with Gasteiger partial charge in [-0.2, -0.15) is 0 Å². The second kappa shape index (κ2) is 3.52. The number of hydrogen-bond donors (Lipinski definition) is 1. The molecular weight excluding hydrogens is 174 g/mol. The van der Waals surface area contributed by atoms with Crippen LogP contribution in [0.4, 0.5) is 5.69 Å². The van der Waals surface area contributed by atoms with Crippen molar-refractivity contribution in [2.24, 2.45) is 0 Å². The summed E-state index contributed by atoms with van der Waals surface area (Å²) >= 11 is 0. The highest BCUT2D eigenvalue weighted by atomic mass is 16.5. The van der Waals surface area contributed by atoms with Crippen LogP contribution in [0, 0.1) is 6.92 Å². The lowest BCUT2D eigenvalue weighted by atomic mass is 9.94. The van der Waals surface area contributed by atoms with Crippen molar-refractivity contribution in [3.05, 3.63) is 23.3 Å². The maximum absolute atomic E-state index is 5.34. The van der Waals surface area contributed by atoms with Crippen LogP contribution in [-0.2, 0) is 0 Å². The predicted octanol–water partition coefficient (Wildman–Crippen LogP) is 2.92. The molecule has 1 aliphatic rings. The van der Waals surface area contributed by atoms with Gasteiger partial charge in [0.2, 0.25) is 0 Å². The van der Waals surface area contributed by atoms with Crippen LogP contribution < -0.4 is 10.1 Å². The Hall–Kier alpha value is -1.18. The molecule has 76 valence electrons. The number of rotatable bonds is 2. The van der Waals surface area contributed by atoms with Crippen LogP contribution >= 0.6 is 0 Å². The fraction of sp³-hybridized carbons (Fsp3) is 0.500. The first-order valence-corrected chi connectivity index (χ1v) is 5.19.